The number of hydrogen-bond acceptors (Lipinski definition) is 5. The Morgan fingerprint density at radius 3 is 3.00 bits per heavy atom. The van der Waals surface area contributed by atoms with Crippen LogP contribution >= 0.6 is 11.3 Å². The van der Waals surface area contributed by atoms with E-state index in [1.165, 1.54) is 16.2 Å². The molecular weight excluding hydrogens is 270 g/mol. The number of aromatic amines is 1. The van der Waals surface area contributed by atoms with Crippen LogP contribution in [0.15, 0.2) is 36.8 Å². The van der Waals surface area contributed by atoms with E-state index in [1.807, 2.05) is 24.4 Å². The molecule has 0 aliphatic carbocycles. The van der Waals surface area contributed by atoms with Crippen molar-refractivity contribution in [2.75, 3.05) is 5.32 Å². The van der Waals surface area contributed by atoms with Crippen LogP contribution in [0.1, 0.15) is 16.8 Å². The average molecular weight is 285 g/mol. The molecule has 0 aliphatic rings. The Hall–Kier alpha value is -2.21. The molecule has 0 saturated carbocycles. The summed E-state index contributed by atoms with van der Waals surface area (Å²) in [6.45, 7) is 2.91. The van der Waals surface area contributed by atoms with Gasteiger partial charge < -0.3 is 5.32 Å². The molecule has 20 heavy (non-hydrogen) atoms. The molecule has 2 aromatic heterocycles. The fourth-order valence-electron chi connectivity index (χ4n) is 1.90. The van der Waals surface area contributed by atoms with Crippen molar-refractivity contribution in [1.82, 2.24) is 20.2 Å². The Morgan fingerprint density at radius 2 is 2.25 bits per heavy atom. The molecule has 0 amide bonds. The number of anilines is 1. The summed E-state index contributed by atoms with van der Waals surface area (Å²) >= 11 is 1.75. The van der Waals surface area contributed by atoms with Crippen LogP contribution in [0.25, 0.3) is 11.4 Å². The smallest absolute Gasteiger partial charge is 0.155 e. The van der Waals surface area contributed by atoms with E-state index in [9.17, 15) is 0 Å². The quantitative estimate of drug-likeness (QED) is 0.756. The van der Waals surface area contributed by atoms with Gasteiger partial charge in [-0.25, -0.2) is 9.97 Å². The number of aromatic nitrogens is 4. The van der Waals surface area contributed by atoms with Crippen LogP contribution in [0.3, 0.4) is 0 Å². The standard InChI is InChI=1S/C14H15N5S/c1-2-13-16-8-12(20-13)7-15-11-5-3-4-10(6-11)14-17-9-18-19-14/h3-6,8-9,15H,2,7H2,1H3,(H,17,18,19). The van der Waals surface area contributed by atoms with Gasteiger partial charge in [0, 0.05) is 22.3 Å². The predicted molar refractivity (Wildman–Crippen MR) is 80.6 cm³/mol. The Bertz CT molecular complexity index is 674. The highest BCUT2D eigenvalue weighted by molar-refractivity contribution is 7.11. The topological polar surface area (TPSA) is 66.5 Å². The minimum atomic E-state index is 0.778. The van der Waals surface area contributed by atoms with Crippen molar-refractivity contribution in [2.45, 2.75) is 19.9 Å². The van der Waals surface area contributed by atoms with Crippen molar-refractivity contribution in [3.63, 3.8) is 0 Å². The molecule has 3 aromatic rings. The maximum atomic E-state index is 4.36. The zero-order valence-corrected chi connectivity index (χ0v) is 11.9. The maximum Gasteiger partial charge on any atom is 0.155 e. The second-order valence-electron chi connectivity index (χ2n) is 4.34. The fraction of sp³-hybridized carbons (Fsp3) is 0.214. The molecule has 0 aliphatic heterocycles. The minimum Gasteiger partial charge on any atom is -0.380 e. The molecule has 5 nitrogen and oxygen atoms in total. The van der Waals surface area contributed by atoms with Gasteiger partial charge in [0.2, 0.25) is 0 Å². The number of thiazole rings is 1. The van der Waals surface area contributed by atoms with E-state index >= 15 is 0 Å². The summed E-state index contributed by atoms with van der Waals surface area (Å²) in [5, 5.41) is 11.3. The largest absolute Gasteiger partial charge is 0.380 e. The van der Waals surface area contributed by atoms with Crippen molar-refractivity contribution in [1.29, 1.82) is 0 Å². The average Bonchev–Trinajstić information content (AvgIpc) is 3.17. The first-order chi connectivity index (χ1) is 9.85. The molecule has 2 heterocycles. The lowest BCUT2D eigenvalue weighted by Gasteiger charge is -2.05. The van der Waals surface area contributed by atoms with Gasteiger partial charge >= 0.3 is 0 Å². The van der Waals surface area contributed by atoms with Gasteiger partial charge in [-0.05, 0) is 18.6 Å². The van der Waals surface area contributed by atoms with E-state index in [0.29, 0.717) is 0 Å². The monoisotopic (exact) mass is 285 g/mol. The minimum absolute atomic E-state index is 0.778. The highest BCUT2D eigenvalue weighted by Gasteiger charge is 2.03. The summed E-state index contributed by atoms with van der Waals surface area (Å²) < 4.78 is 0. The van der Waals surface area contributed by atoms with Crippen molar-refractivity contribution < 1.29 is 0 Å². The molecule has 0 saturated heterocycles. The number of hydrogen-bond donors (Lipinski definition) is 2. The normalized spacial score (nSPS) is 10.7. The van der Waals surface area contributed by atoms with Crippen LogP contribution in [-0.2, 0) is 13.0 Å². The summed E-state index contributed by atoms with van der Waals surface area (Å²) in [4.78, 5) is 9.76. The highest BCUT2D eigenvalue weighted by atomic mass is 32.1. The zero-order valence-electron chi connectivity index (χ0n) is 11.1. The zero-order chi connectivity index (χ0) is 13.8. The number of aryl methyl sites for hydroxylation is 1. The lowest BCUT2D eigenvalue weighted by atomic mass is 10.2. The summed E-state index contributed by atoms with van der Waals surface area (Å²) in [6, 6.07) is 8.11. The van der Waals surface area contributed by atoms with Gasteiger partial charge in [0.05, 0.1) is 11.6 Å². The van der Waals surface area contributed by atoms with Gasteiger partial charge in [0.1, 0.15) is 6.33 Å². The van der Waals surface area contributed by atoms with Crippen molar-refractivity contribution in [3.8, 4) is 11.4 Å². The molecule has 0 bridgehead atoms. The van der Waals surface area contributed by atoms with Crippen molar-refractivity contribution in [2.24, 2.45) is 0 Å². The van der Waals surface area contributed by atoms with Crippen LogP contribution < -0.4 is 5.32 Å². The predicted octanol–water partition coefficient (Wildman–Crippen LogP) is 3.10. The lowest BCUT2D eigenvalue weighted by Crippen LogP contribution is -1.97. The first kappa shape index (κ1) is 12.8. The third kappa shape index (κ3) is 2.85. The molecule has 3 rings (SSSR count). The van der Waals surface area contributed by atoms with Crippen LogP contribution in [0, 0.1) is 0 Å². The summed E-state index contributed by atoms with van der Waals surface area (Å²) in [5.74, 6) is 0.778. The summed E-state index contributed by atoms with van der Waals surface area (Å²) in [6.07, 6.45) is 4.45. The van der Waals surface area contributed by atoms with Crippen molar-refractivity contribution in [3.05, 3.63) is 46.7 Å². The Balaban J connectivity index is 1.70. The summed E-state index contributed by atoms with van der Waals surface area (Å²) in [5.41, 5.74) is 2.08. The van der Waals surface area contributed by atoms with Crippen LogP contribution in [-0.4, -0.2) is 20.2 Å². The first-order valence-corrected chi connectivity index (χ1v) is 7.30. The van der Waals surface area contributed by atoms with Crippen molar-refractivity contribution >= 4 is 17.0 Å². The molecule has 1 aromatic carbocycles. The van der Waals surface area contributed by atoms with E-state index in [4.69, 9.17) is 0 Å². The third-order valence-corrected chi connectivity index (χ3v) is 4.06. The molecule has 0 radical (unpaired) electrons. The van der Waals surface area contributed by atoms with E-state index in [1.54, 1.807) is 11.3 Å². The van der Waals surface area contributed by atoms with Gasteiger partial charge in [-0.2, -0.15) is 5.10 Å². The van der Waals surface area contributed by atoms with Gasteiger partial charge in [0.15, 0.2) is 5.82 Å². The maximum absolute atomic E-state index is 4.36. The van der Waals surface area contributed by atoms with Crippen LogP contribution in [0.5, 0.6) is 0 Å². The van der Waals surface area contributed by atoms with Crippen LogP contribution in [0.4, 0.5) is 5.69 Å². The van der Waals surface area contributed by atoms with E-state index in [0.717, 1.165) is 30.0 Å². The molecule has 102 valence electrons. The Kier molecular flexibility index (Phi) is 3.73. The number of nitrogens with one attached hydrogen (secondary N) is 2. The van der Waals surface area contributed by atoms with Gasteiger partial charge in [-0.15, -0.1) is 11.3 Å². The molecule has 0 spiro atoms. The molecule has 0 fully saturated rings. The molecule has 0 atom stereocenters. The number of benzene rings is 1. The number of nitrogens with zero attached hydrogens (tertiary/aromatic N) is 3. The third-order valence-electron chi connectivity index (χ3n) is 2.92. The second-order valence-corrected chi connectivity index (χ2v) is 5.54. The fourth-order valence-corrected chi connectivity index (χ4v) is 2.71. The number of rotatable bonds is 5. The highest BCUT2D eigenvalue weighted by Crippen LogP contribution is 2.20. The van der Waals surface area contributed by atoms with Gasteiger partial charge in [0.25, 0.3) is 0 Å². The first-order valence-electron chi connectivity index (χ1n) is 6.48. The molecule has 2 N–H and O–H groups in total. The summed E-state index contributed by atoms with van der Waals surface area (Å²) in [7, 11) is 0. The lowest BCUT2D eigenvalue weighted by molar-refractivity contribution is 1.09. The van der Waals surface area contributed by atoms with E-state index in [-0.39, 0.29) is 0 Å². The Morgan fingerprint density at radius 1 is 1.30 bits per heavy atom. The molecule has 0 unspecified atom stereocenters. The van der Waals surface area contributed by atoms with Gasteiger partial charge in [-0.3, -0.25) is 5.10 Å². The van der Waals surface area contributed by atoms with Crippen LogP contribution in [0.2, 0.25) is 0 Å². The Labute approximate surface area is 121 Å². The van der Waals surface area contributed by atoms with E-state index < -0.39 is 0 Å². The molecular formula is C14H15N5S. The SMILES string of the molecule is CCc1ncc(CNc2cccc(-c3ncn[nH]3)c2)s1. The van der Waals surface area contributed by atoms with Gasteiger partial charge in [-0.1, -0.05) is 19.1 Å². The van der Waals surface area contributed by atoms with E-state index in [2.05, 4.69) is 38.5 Å². The molecule has 6 heteroatoms. The number of H-pyrrole nitrogens is 1. The second kappa shape index (κ2) is 5.83.